The molecule has 28 heavy (non-hydrogen) atoms. The van der Waals surface area contributed by atoms with Crippen molar-refractivity contribution in [3.05, 3.63) is 94.2 Å². The van der Waals surface area contributed by atoms with Crippen LogP contribution in [0.1, 0.15) is 35.8 Å². The van der Waals surface area contributed by atoms with Crippen LogP contribution >= 0.6 is 11.3 Å². The molecule has 1 amide bonds. The van der Waals surface area contributed by atoms with E-state index in [4.69, 9.17) is 5.73 Å². The Kier molecular flexibility index (Phi) is 6.98. The van der Waals surface area contributed by atoms with Gasteiger partial charge in [0.1, 0.15) is 0 Å². The lowest BCUT2D eigenvalue weighted by atomic mass is 9.93. The van der Waals surface area contributed by atoms with Gasteiger partial charge in [0.2, 0.25) is 5.91 Å². The number of carbonyl (C=O) groups excluding carboxylic acids is 1. The van der Waals surface area contributed by atoms with Crippen LogP contribution in [0.4, 0.5) is 0 Å². The molecule has 0 bridgehead atoms. The van der Waals surface area contributed by atoms with E-state index in [0.29, 0.717) is 6.54 Å². The second-order valence-electron chi connectivity index (χ2n) is 7.00. The van der Waals surface area contributed by atoms with Gasteiger partial charge in [0.25, 0.3) is 0 Å². The molecule has 3 aromatic rings. The van der Waals surface area contributed by atoms with E-state index >= 15 is 0 Å². The summed E-state index contributed by atoms with van der Waals surface area (Å²) >= 11 is 1.53. The summed E-state index contributed by atoms with van der Waals surface area (Å²) in [6.45, 7) is 2.53. The number of nitrogens with zero attached hydrogens (tertiary/aromatic N) is 1. The molecule has 0 saturated carbocycles. The topological polar surface area (TPSA) is 66.6 Å². The molecule has 0 saturated heterocycles. The van der Waals surface area contributed by atoms with Gasteiger partial charge in [-0.2, -0.15) is 11.3 Å². The average molecular weight is 395 g/mol. The van der Waals surface area contributed by atoms with Crippen molar-refractivity contribution in [1.29, 1.82) is 0 Å². The standard InChI is InChI=1S/C23H26N2O2S/c1-17(22(24)19-10-6-3-7-11-19)23(27)25(14-18-8-4-2-5-9-18)15-21(26)20-12-13-28-16-20/h2-13,16-17,21-22,26H,14-15,24H2,1H3. The van der Waals surface area contributed by atoms with Crippen molar-refractivity contribution in [2.24, 2.45) is 11.7 Å². The number of amides is 1. The van der Waals surface area contributed by atoms with Gasteiger partial charge in [0.05, 0.1) is 18.6 Å². The third-order valence-corrected chi connectivity index (χ3v) is 5.66. The Morgan fingerprint density at radius 2 is 1.68 bits per heavy atom. The van der Waals surface area contributed by atoms with Crippen molar-refractivity contribution < 1.29 is 9.90 Å². The minimum absolute atomic E-state index is 0.0607. The lowest BCUT2D eigenvalue weighted by Crippen LogP contribution is -2.41. The van der Waals surface area contributed by atoms with Crippen molar-refractivity contribution in [2.75, 3.05) is 6.54 Å². The molecule has 3 unspecified atom stereocenters. The first-order valence-electron chi connectivity index (χ1n) is 9.39. The SMILES string of the molecule is CC(C(=O)N(Cc1ccccc1)CC(O)c1ccsc1)C(N)c1ccccc1. The summed E-state index contributed by atoms with van der Waals surface area (Å²) in [5, 5.41) is 14.5. The third-order valence-electron chi connectivity index (χ3n) is 4.96. The van der Waals surface area contributed by atoms with E-state index in [1.165, 1.54) is 11.3 Å². The molecule has 146 valence electrons. The summed E-state index contributed by atoms with van der Waals surface area (Å²) in [5.74, 6) is -0.463. The van der Waals surface area contributed by atoms with Crippen LogP contribution in [0.2, 0.25) is 0 Å². The fraction of sp³-hybridized carbons (Fsp3) is 0.261. The Morgan fingerprint density at radius 3 is 2.29 bits per heavy atom. The Labute approximate surface area is 170 Å². The van der Waals surface area contributed by atoms with Crippen LogP contribution in [0.15, 0.2) is 77.5 Å². The van der Waals surface area contributed by atoms with Crippen LogP contribution in [-0.4, -0.2) is 22.5 Å². The quantitative estimate of drug-likeness (QED) is 0.603. The first kappa shape index (κ1) is 20.3. The maximum atomic E-state index is 13.3. The first-order valence-corrected chi connectivity index (χ1v) is 10.3. The monoisotopic (exact) mass is 394 g/mol. The van der Waals surface area contributed by atoms with Gasteiger partial charge in [-0.15, -0.1) is 0 Å². The highest BCUT2D eigenvalue weighted by Gasteiger charge is 2.28. The molecular formula is C23H26N2O2S. The van der Waals surface area contributed by atoms with E-state index in [9.17, 15) is 9.90 Å². The minimum Gasteiger partial charge on any atom is -0.387 e. The molecule has 3 N–H and O–H groups in total. The fourth-order valence-corrected chi connectivity index (χ4v) is 3.93. The summed E-state index contributed by atoms with van der Waals surface area (Å²) in [6.07, 6.45) is -0.723. The van der Waals surface area contributed by atoms with Gasteiger partial charge in [-0.05, 0) is 33.5 Å². The zero-order chi connectivity index (χ0) is 19.9. The van der Waals surface area contributed by atoms with Crippen molar-refractivity contribution in [3.63, 3.8) is 0 Å². The maximum Gasteiger partial charge on any atom is 0.227 e. The molecule has 5 heteroatoms. The van der Waals surface area contributed by atoms with Crippen LogP contribution in [0.25, 0.3) is 0 Å². The van der Waals surface area contributed by atoms with Crippen LogP contribution in [0.3, 0.4) is 0 Å². The minimum atomic E-state index is -0.723. The first-order chi connectivity index (χ1) is 13.6. The smallest absolute Gasteiger partial charge is 0.227 e. The number of hydrogen-bond acceptors (Lipinski definition) is 4. The van der Waals surface area contributed by atoms with Crippen LogP contribution in [-0.2, 0) is 11.3 Å². The molecule has 3 rings (SSSR count). The number of rotatable bonds is 8. The highest BCUT2D eigenvalue weighted by molar-refractivity contribution is 7.07. The molecule has 0 radical (unpaired) electrons. The van der Waals surface area contributed by atoms with Crippen LogP contribution < -0.4 is 5.73 Å². The van der Waals surface area contributed by atoms with Crippen molar-refractivity contribution in [1.82, 2.24) is 4.90 Å². The van der Waals surface area contributed by atoms with Crippen molar-refractivity contribution in [3.8, 4) is 0 Å². The average Bonchev–Trinajstić information content (AvgIpc) is 3.28. The Morgan fingerprint density at radius 1 is 1.04 bits per heavy atom. The number of thiophene rings is 1. The molecule has 1 heterocycles. The molecule has 2 aromatic carbocycles. The summed E-state index contributed by atoms with van der Waals surface area (Å²) < 4.78 is 0. The van der Waals surface area contributed by atoms with Gasteiger partial charge in [-0.3, -0.25) is 4.79 Å². The third kappa shape index (κ3) is 5.07. The van der Waals surface area contributed by atoms with E-state index in [-0.39, 0.29) is 12.5 Å². The predicted octanol–water partition coefficient (Wildman–Crippen LogP) is 4.15. The molecule has 4 nitrogen and oxygen atoms in total. The Balaban J connectivity index is 1.79. The Bertz CT molecular complexity index is 853. The number of carbonyl (C=O) groups is 1. The van der Waals surface area contributed by atoms with Crippen molar-refractivity contribution in [2.45, 2.75) is 25.6 Å². The lowest BCUT2D eigenvalue weighted by molar-refractivity contribution is -0.138. The van der Waals surface area contributed by atoms with Gasteiger partial charge >= 0.3 is 0 Å². The second-order valence-corrected chi connectivity index (χ2v) is 7.78. The van der Waals surface area contributed by atoms with Gasteiger partial charge in [0.15, 0.2) is 0 Å². The lowest BCUT2D eigenvalue weighted by Gasteiger charge is -2.30. The highest BCUT2D eigenvalue weighted by Crippen LogP contribution is 2.24. The van der Waals surface area contributed by atoms with E-state index < -0.39 is 18.1 Å². The number of aliphatic hydroxyl groups excluding tert-OH is 1. The predicted molar refractivity (Wildman–Crippen MR) is 114 cm³/mol. The van der Waals surface area contributed by atoms with Gasteiger partial charge in [-0.25, -0.2) is 0 Å². The number of aliphatic hydroxyl groups is 1. The molecule has 0 fully saturated rings. The van der Waals surface area contributed by atoms with E-state index in [2.05, 4.69) is 0 Å². The summed E-state index contributed by atoms with van der Waals surface area (Å²) in [5.41, 5.74) is 9.17. The van der Waals surface area contributed by atoms with E-state index in [0.717, 1.165) is 16.7 Å². The molecule has 0 aliphatic heterocycles. The molecule has 3 atom stereocenters. The van der Waals surface area contributed by atoms with Crippen molar-refractivity contribution >= 4 is 17.2 Å². The maximum absolute atomic E-state index is 13.3. The fourth-order valence-electron chi connectivity index (χ4n) is 3.22. The normalized spacial score (nSPS) is 14.2. The summed E-state index contributed by atoms with van der Waals surface area (Å²) in [6, 6.07) is 21.0. The molecular weight excluding hydrogens is 368 g/mol. The number of nitrogens with two attached hydrogens (primary N) is 1. The second kappa shape index (κ2) is 9.64. The van der Waals surface area contributed by atoms with Crippen LogP contribution in [0, 0.1) is 5.92 Å². The molecule has 0 aliphatic carbocycles. The van der Waals surface area contributed by atoms with E-state index in [1.54, 1.807) is 4.90 Å². The zero-order valence-corrected chi connectivity index (χ0v) is 16.8. The number of benzene rings is 2. The van der Waals surface area contributed by atoms with Gasteiger partial charge in [0, 0.05) is 12.6 Å². The molecule has 0 aliphatic rings. The zero-order valence-electron chi connectivity index (χ0n) is 15.9. The largest absolute Gasteiger partial charge is 0.387 e. The summed E-state index contributed by atoms with van der Waals surface area (Å²) in [7, 11) is 0. The molecule has 1 aromatic heterocycles. The van der Waals surface area contributed by atoms with E-state index in [1.807, 2.05) is 84.4 Å². The Hall–Kier alpha value is -2.47. The number of hydrogen-bond donors (Lipinski definition) is 2. The summed E-state index contributed by atoms with van der Waals surface area (Å²) in [4.78, 5) is 15.0. The van der Waals surface area contributed by atoms with Gasteiger partial charge in [-0.1, -0.05) is 67.6 Å². The highest BCUT2D eigenvalue weighted by atomic mass is 32.1. The van der Waals surface area contributed by atoms with Gasteiger partial charge < -0.3 is 15.7 Å². The molecule has 0 spiro atoms. The van der Waals surface area contributed by atoms with Crippen LogP contribution in [0.5, 0.6) is 0 Å².